The summed E-state index contributed by atoms with van der Waals surface area (Å²) in [5.74, 6) is 0.00656. The molecule has 0 radical (unpaired) electrons. The topological polar surface area (TPSA) is 81.8 Å². The van der Waals surface area contributed by atoms with Crippen molar-refractivity contribution < 1.29 is 19.4 Å². The predicted molar refractivity (Wildman–Crippen MR) is 105 cm³/mol. The molecular formula is C18H20Cl3NO4. The molecule has 5 nitrogen and oxygen atoms in total. The Morgan fingerprint density at radius 1 is 1.15 bits per heavy atom. The third-order valence-electron chi connectivity index (χ3n) is 3.54. The number of benzene rings is 2. The number of halogens is 3. The monoisotopic (exact) mass is 419 g/mol. The van der Waals surface area contributed by atoms with Gasteiger partial charge >= 0.3 is 5.97 Å². The number of carbonyl (C=O) groups is 1. The van der Waals surface area contributed by atoms with Crippen molar-refractivity contribution in [2.45, 2.75) is 19.9 Å². The van der Waals surface area contributed by atoms with Crippen molar-refractivity contribution in [2.24, 2.45) is 5.73 Å². The Morgan fingerprint density at radius 3 is 2.54 bits per heavy atom. The van der Waals surface area contributed by atoms with Crippen LogP contribution < -0.4 is 10.5 Å². The zero-order valence-electron chi connectivity index (χ0n) is 14.1. The summed E-state index contributed by atoms with van der Waals surface area (Å²) in [5, 5.41) is 10.3. The fourth-order valence-electron chi connectivity index (χ4n) is 2.29. The number of hydrogen-bond acceptors (Lipinski definition) is 5. The SMILES string of the molecule is CCOC(=O)COc1ccc(Cc2ccc(O)c(CN)c2)c(Cl)c1Cl.Cl. The van der Waals surface area contributed by atoms with Crippen molar-refractivity contribution in [1.82, 2.24) is 0 Å². The van der Waals surface area contributed by atoms with Crippen LogP contribution in [0.5, 0.6) is 11.5 Å². The first-order chi connectivity index (χ1) is 12.0. The minimum Gasteiger partial charge on any atom is -0.508 e. The van der Waals surface area contributed by atoms with Crippen LogP contribution in [0.15, 0.2) is 30.3 Å². The van der Waals surface area contributed by atoms with Gasteiger partial charge in [-0.15, -0.1) is 12.4 Å². The van der Waals surface area contributed by atoms with Gasteiger partial charge in [0.25, 0.3) is 0 Å². The van der Waals surface area contributed by atoms with Crippen molar-refractivity contribution in [3.63, 3.8) is 0 Å². The Bertz CT molecular complexity index is 768. The number of phenolic OH excluding ortho intramolecular Hbond substituents is 1. The molecule has 0 amide bonds. The number of aromatic hydroxyl groups is 1. The van der Waals surface area contributed by atoms with Gasteiger partial charge in [0.1, 0.15) is 16.5 Å². The molecule has 0 saturated heterocycles. The highest BCUT2D eigenvalue weighted by Gasteiger charge is 2.14. The van der Waals surface area contributed by atoms with Crippen LogP contribution in [0.3, 0.4) is 0 Å². The van der Waals surface area contributed by atoms with Gasteiger partial charge in [-0.25, -0.2) is 4.79 Å². The molecule has 0 aliphatic heterocycles. The maximum atomic E-state index is 11.4. The highest BCUT2D eigenvalue weighted by molar-refractivity contribution is 6.43. The molecule has 2 aromatic carbocycles. The van der Waals surface area contributed by atoms with Crippen molar-refractivity contribution in [3.8, 4) is 11.5 Å². The van der Waals surface area contributed by atoms with E-state index in [4.69, 9.17) is 38.4 Å². The number of ether oxygens (including phenoxy) is 2. The van der Waals surface area contributed by atoms with Crippen molar-refractivity contribution in [1.29, 1.82) is 0 Å². The summed E-state index contributed by atoms with van der Waals surface area (Å²) in [5.41, 5.74) is 8.00. The van der Waals surface area contributed by atoms with E-state index in [1.165, 1.54) is 0 Å². The van der Waals surface area contributed by atoms with Crippen LogP contribution in [0.1, 0.15) is 23.6 Å². The van der Waals surface area contributed by atoms with Crippen molar-refractivity contribution >= 4 is 41.6 Å². The van der Waals surface area contributed by atoms with Gasteiger partial charge in [0, 0.05) is 12.1 Å². The van der Waals surface area contributed by atoms with E-state index < -0.39 is 5.97 Å². The van der Waals surface area contributed by atoms with E-state index in [1.54, 1.807) is 31.2 Å². The van der Waals surface area contributed by atoms with Crippen LogP contribution in [-0.2, 0) is 22.5 Å². The maximum absolute atomic E-state index is 11.4. The molecule has 0 aliphatic carbocycles. The first-order valence-electron chi connectivity index (χ1n) is 7.72. The molecule has 0 spiro atoms. The van der Waals surface area contributed by atoms with E-state index in [0.717, 1.165) is 11.1 Å². The molecular weight excluding hydrogens is 401 g/mol. The van der Waals surface area contributed by atoms with Crippen LogP contribution in [-0.4, -0.2) is 24.3 Å². The van der Waals surface area contributed by atoms with E-state index in [0.29, 0.717) is 22.8 Å². The average Bonchev–Trinajstić information content (AvgIpc) is 2.60. The lowest BCUT2D eigenvalue weighted by Crippen LogP contribution is -2.14. The zero-order chi connectivity index (χ0) is 18.4. The minimum atomic E-state index is -0.475. The lowest BCUT2D eigenvalue weighted by atomic mass is 10.0. The van der Waals surface area contributed by atoms with Gasteiger partial charge in [-0.05, 0) is 36.6 Å². The summed E-state index contributed by atoms with van der Waals surface area (Å²) in [7, 11) is 0. The second-order valence-corrected chi connectivity index (χ2v) is 6.04. The van der Waals surface area contributed by atoms with Crippen LogP contribution >= 0.6 is 35.6 Å². The van der Waals surface area contributed by atoms with E-state index in [2.05, 4.69) is 0 Å². The fraction of sp³-hybridized carbons (Fsp3) is 0.278. The largest absolute Gasteiger partial charge is 0.508 e. The lowest BCUT2D eigenvalue weighted by molar-refractivity contribution is -0.145. The van der Waals surface area contributed by atoms with Gasteiger partial charge in [-0.3, -0.25) is 0 Å². The molecule has 2 aromatic rings. The van der Waals surface area contributed by atoms with Gasteiger partial charge in [0.2, 0.25) is 0 Å². The molecule has 0 bridgehead atoms. The molecule has 0 aliphatic rings. The van der Waals surface area contributed by atoms with Crippen molar-refractivity contribution in [3.05, 3.63) is 57.1 Å². The Kier molecular flexibility index (Phi) is 9.02. The Balaban J connectivity index is 0.00000338. The Labute approximate surface area is 168 Å². The summed E-state index contributed by atoms with van der Waals surface area (Å²) >= 11 is 12.6. The molecule has 0 atom stereocenters. The number of esters is 1. The van der Waals surface area contributed by atoms with Gasteiger partial charge < -0.3 is 20.3 Å². The first kappa shape index (κ1) is 22.4. The van der Waals surface area contributed by atoms with Gasteiger partial charge in [0.05, 0.1) is 11.6 Å². The van der Waals surface area contributed by atoms with Gasteiger partial charge in [0.15, 0.2) is 6.61 Å². The van der Waals surface area contributed by atoms with E-state index in [-0.39, 0.29) is 42.9 Å². The number of nitrogens with two attached hydrogens (primary N) is 1. The lowest BCUT2D eigenvalue weighted by Gasteiger charge is -2.12. The molecule has 0 aromatic heterocycles. The number of hydrogen-bond donors (Lipinski definition) is 2. The highest BCUT2D eigenvalue weighted by atomic mass is 35.5. The Hall–Kier alpha value is -1.66. The fourth-order valence-corrected chi connectivity index (χ4v) is 2.75. The van der Waals surface area contributed by atoms with E-state index in [9.17, 15) is 9.90 Å². The quantitative estimate of drug-likeness (QED) is 0.659. The second-order valence-electron chi connectivity index (χ2n) is 5.29. The Morgan fingerprint density at radius 2 is 1.88 bits per heavy atom. The van der Waals surface area contributed by atoms with Gasteiger partial charge in [-0.2, -0.15) is 0 Å². The van der Waals surface area contributed by atoms with Crippen LogP contribution in [0.25, 0.3) is 0 Å². The van der Waals surface area contributed by atoms with Crippen LogP contribution in [0.2, 0.25) is 10.0 Å². The summed E-state index contributed by atoms with van der Waals surface area (Å²) in [6.07, 6.45) is 0.518. The molecule has 0 unspecified atom stereocenters. The smallest absolute Gasteiger partial charge is 0.344 e. The standard InChI is InChI=1S/C18H19Cl2NO4.ClH/c1-2-24-16(23)10-25-15-6-4-12(17(19)18(15)20)7-11-3-5-14(22)13(8-11)9-21;/h3-6,8,22H,2,7,9-10,21H2,1H3;1H. The third-order valence-corrected chi connectivity index (χ3v) is 4.44. The number of carbonyl (C=O) groups excluding carboxylic acids is 1. The van der Waals surface area contributed by atoms with Crippen LogP contribution in [0.4, 0.5) is 0 Å². The molecule has 0 heterocycles. The molecule has 0 saturated carbocycles. The summed E-state index contributed by atoms with van der Waals surface area (Å²) in [4.78, 5) is 11.4. The third kappa shape index (κ3) is 5.68. The summed E-state index contributed by atoms with van der Waals surface area (Å²) < 4.78 is 10.1. The summed E-state index contributed by atoms with van der Waals surface area (Å²) in [6.45, 7) is 2.01. The molecule has 2 rings (SSSR count). The van der Waals surface area contributed by atoms with E-state index >= 15 is 0 Å². The van der Waals surface area contributed by atoms with E-state index in [1.807, 2.05) is 6.07 Å². The van der Waals surface area contributed by atoms with Crippen LogP contribution in [0, 0.1) is 0 Å². The first-order valence-corrected chi connectivity index (χ1v) is 8.48. The summed E-state index contributed by atoms with van der Waals surface area (Å²) in [6, 6.07) is 8.66. The molecule has 8 heteroatoms. The van der Waals surface area contributed by atoms with Crippen molar-refractivity contribution in [2.75, 3.05) is 13.2 Å². The highest BCUT2D eigenvalue weighted by Crippen LogP contribution is 2.36. The van der Waals surface area contributed by atoms with Gasteiger partial charge in [-0.1, -0.05) is 41.4 Å². The molecule has 26 heavy (non-hydrogen) atoms. The normalized spacial score (nSPS) is 10.2. The number of rotatable bonds is 7. The molecule has 3 N–H and O–H groups in total. The average molecular weight is 421 g/mol. The second kappa shape index (κ2) is 10.5. The minimum absolute atomic E-state index is 0. The molecule has 0 fully saturated rings. The predicted octanol–water partition coefficient (Wildman–Crippen LogP) is 4.11. The number of phenols is 1. The zero-order valence-corrected chi connectivity index (χ0v) is 16.5. The maximum Gasteiger partial charge on any atom is 0.344 e. The molecule has 142 valence electrons.